The zero-order valence-electron chi connectivity index (χ0n) is 3.84. The van der Waals surface area contributed by atoms with Crippen LogP contribution in [0.15, 0.2) is 0 Å². The summed E-state index contributed by atoms with van der Waals surface area (Å²) in [5.74, 6) is 0. The summed E-state index contributed by atoms with van der Waals surface area (Å²) in [5.41, 5.74) is 1.63. The Labute approximate surface area is 46.8 Å². The van der Waals surface area contributed by atoms with Gasteiger partial charge in [-0.25, -0.2) is 0 Å². The van der Waals surface area contributed by atoms with Crippen molar-refractivity contribution in [1.29, 1.82) is 0 Å². The quantitative estimate of drug-likeness (QED) is 0.527. The van der Waals surface area contributed by atoms with Crippen molar-refractivity contribution in [3.05, 3.63) is 0 Å². The molecule has 0 aromatic rings. The van der Waals surface area contributed by atoms with Crippen LogP contribution in [0.1, 0.15) is 0 Å². The maximum absolute atomic E-state index is 11.1. The first kappa shape index (κ1) is 7.35. The minimum atomic E-state index is -3.89. The average molecular weight is 174 g/mol. The Morgan fingerprint density at radius 3 is 1.86 bits per heavy atom. The molecule has 0 aromatic heterocycles. The number of alkyl halides is 3. The summed E-state index contributed by atoms with van der Waals surface area (Å²) >= 11 is -0.715. The first-order chi connectivity index (χ1) is 3.06. The summed E-state index contributed by atoms with van der Waals surface area (Å²) in [6, 6.07) is 0. The minimum absolute atomic E-state index is 0.535. The molecule has 0 fully saturated rings. The molecule has 0 heterocycles. The maximum atomic E-state index is 11.1. The average Bonchev–Trinajstić information content (AvgIpc) is 1.30. The molecule has 0 saturated carbocycles. The van der Waals surface area contributed by atoms with Gasteiger partial charge in [0, 0.05) is 0 Å². The molecule has 0 amide bonds. The zero-order valence-corrected chi connectivity index (χ0v) is 5.94. The molecular formula is C3H6AsF3. The molecule has 0 radical (unpaired) electrons. The summed E-state index contributed by atoms with van der Waals surface area (Å²) < 4.78 is 33.3. The molecule has 1 atom stereocenters. The van der Waals surface area contributed by atoms with Gasteiger partial charge in [0.1, 0.15) is 0 Å². The van der Waals surface area contributed by atoms with Crippen LogP contribution < -0.4 is 0 Å². The van der Waals surface area contributed by atoms with Gasteiger partial charge >= 0.3 is 46.0 Å². The van der Waals surface area contributed by atoms with E-state index in [-0.39, 0.29) is 0 Å². The van der Waals surface area contributed by atoms with E-state index in [1.807, 2.05) is 0 Å². The predicted octanol–water partition coefficient (Wildman–Crippen LogP) is 1.45. The van der Waals surface area contributed by atoms with Crippen molar-refractivity contribution >= 4 is 15.8 Å². The molecule has 0 aliphatic carbocycles. The zero-order chi connectivity index (χ0) is 5.91. The summed E-state index contributed by atoms with van der Waals surface area (Å²) in [7, 11) is 0. The third-order valence-electron chi connectivity index (χ3n) is 0.377. The Bertz CT molecular complexity index is 48.6. The van der Waals surface area contributed by atoms with Crippen molar-refractivity contribution in [2.24, 2.45) is 0 Å². The fraction of sp³-hybridized carbons (Fsp3) is 1.00. The van der Waals surface area contributed by atoms with E-state index in [9.17, 15) is 13.2 Å². The second-order valence-electron chi connectivity index (χ2n) is 1.15. The Hall–Kier alpha value is 0.348. The van der Waals surface area contributed by atoms with Crippen LogP contribution in [0.25, 0.3) is 0 Å². The van der Waals surface area contributed by atoms with Gasteiger partial charge in [-0.1, -0.05) is 0 Å². The molecular weight excluding hydrogens is 168 g/mol. The monoisotopic (exact) mass is 174 g/mol. The molecule has 0 saturated heterocycles. The van der Waals surface area contributed by atoms with E-state index in [0.717, 1.165) is 0 Å². The fourth-order valence-electron chi connectivity index (χ4n) is 0.200. The fourth-order valence-corrected chi connectivity index (χ4v) is 1.04. The van der Waals surface area contributed by atoms with E-state index in [1.54, 1.807) is 5.71 Å². The van der Waals surface area contributed by atoms with Crippen LogP contribution in [0.5, 0.6) is 0 Å². The van der Waals surface area contributed by atoms with E-state index >= 15 is 0 Å². The first-order valence-electron chi connectivity index (χ1n) is 1.77. The van der Waals surface area contributed by atoms with E-state index in [0.29, 0.717) is 0 Å². The molecule has 0 N–H and O–H groups in total. The summed E-state index contributed by atoms with van der Waals surface area (Å²) in [4.78, 5) is 0. The summed E-state index contributed by atoms with van der Waals surface area (Å²) in [6.45, 7) is 0. The van der Waals surface area contributed by atoms with Crippen LogP contribution in [0, 0.1) is 0 Å². The molecule has 4 heteroatoms. The van der Waals surface area contributed by atoms with Crippen LogP contribution in [0.3, 0.4) is 0 Å². The van der Waals surface area contributed by atoms with Crippen molar-refractivity contribution in [2.45, 2.75) is 17.1 Å². The van der Waals surface area contributed by atoms with Crippen molar-refractivity contribution in [2.75, 3.05) is 0 Å². The number of hydrogen-bond acceptors (Lipinski definition) is 0. The van der Waals surface area contributed by atoms with Gasteiger partial charge in [-0.05, 0) is 0 Å². The number of rotatable bonds is 1. The molecule has 1 unspecified atom stereocenters. The molecule has 0 bridgehead atoms. The standard InChI is InChI=1S/C3H6AsF3/c1-4-2-3(5,6)7/h4H,2H2,1H3. The van der Waals surface area contributed by atoms with Crippen LogP contribution in [-0.2, 0) is 0 Å². The van der Waals surface area contributed by atoms with Crippen LogP contribution in [0.2, 0.25) is 10.9 Å². The van der Waals surface area contributed by atoms with Crippen LogP contribution >= 0.6 is 0 Å². The van der Waals surface area contributed by atoms with Gasteiger partial charge in [-0.15, -0.1) is 0 Å². The van der Waals surface area contributed by atoms with Gasteiger partial charge in [0.2, 0.25) is 0 Å². The molecule has 0 rings (SSSR count). The second kappa shape index (κ2) is 2.61. The van der Waals surface area contributed by atoms with E-state index < -0.39 is 27.1 Å². The topological polar surface area (TPSA) is 0 Å². The van der Waals surface area contributed by atoms with Gasteiger partial charge in [0.15, 0.2) is 0 Å². The predicted molar refractivity (Wildman–Crippen MR) is 23.9 cm³/mol. The van der Waals surface area contributed by atoms with E-state index in [4.69, 9.17) is 0 Å². The van der Waals surface area contributed by atoms with Gasteiger partial charge in [-0.2, -0.15) is 0 Å². The van der Waals surface area contributed by atoms with Gasteiger partial charge in [0.25, 0.3) is 0 Å². The van der Waals surface area contributed by atoms with Gasteiger partial charge < -0.3 is 0 Å². The SMILES string of the molecule is C[AsH]CC(F)(F)F. The Kier molecular flexibility index (Phi) is 2.74. The molecule has 0 aliphatic heterocycles. The van der Waals surface area contributed by atoms with Crippen LogP contribution in [-0.4, -0.2) is 21.9 Å². The summed E-state index contributed by atoms with van der Waals surface area (Å²) in [6.07, 6.45) is -3.89. The Balaban J connectivity index is 3.15. The van der Waals surface area contributed by atoms with Crippen LogP contribution in [0.4, 0.5) is 13.2 Å². The molecule has 7 heavy (non-hydrogen) atoms. The number of hydrogen-bond donors (Lipinski definition) is 0. The second-order valence-corrected chi connectivity index (χ2v) is 3.37. The summed E-state index contributed by atoms with van der Waals surface area (Å²) in [5, 5.41) is -0.535. The van der Waals surface area contributed by atoms with E-state index in [2.05, 4.69) is 0 Å². The normalized spacial score (nSPS) is 13.7. The van der Waals surface area contributed by atoms with Crippen molar-refractivity contribution < 1.29 is 13.2 Å². The van der Waals surface area contributed by atoms with E-state index in [1.165, 1.54) is 0 Å². The van der Waals surface area contributed by atoms with Gasteiger partial charge in [0.05, 0.1) is 0 Å². The molecule has 44 valence electrons. The van der Waals surface area contributed by atoms with Crippen molar-refractivity contribution in [1.82, 2.24) is 0 Å². The third-order valence-corrected chi connectivity index (χ3v) is 1.96. The Morgan fingerprint density at radius 1 is 1.43 bits per heavy atom. The van der Waals surface area contributed by atoms with Crippen molar-refractivity contribution in [3.8, 4) is 0 Å². The number of halogens is 3. The molecule has 0 spiro atoms. The van der Waals surface area contributed by atoms with Crippen molar-refractivity contribution in [3.63, 3.8) is 0 Å². The first-order valence-corrected chi connectivity index (χ1v) is 5.36. The molecule has 0 aromatic carbocycles. The Morgan fingerprint density at radius 2 is 1.86 bits per heavy atom. The third kappa shape index (κ3) is 6.35. The molecule has 0 aliphatic rings. The van der Waals surface area contributed by atoms with Gasteiger partial charge in [-0.3, -0.25) is 0 Å². The molecule has 0 nitrogen and oxygen atoms in total.